The van der Waals surface area contributed by atoms with E-state index in [0.717, 1.165) is 16.0 Å². The normalized spacial score (nSPS) is 10.4. The average Bonchev–Trinajstić information content (AvgIpc) is 3.10. The first kappa shape index (κ1) is 23.8. The highest BCUT2D eigenvalue weighted by molar-refractivity contribution is 7.80. The number of carbonyl (C=O) groups is 1. The van der Waals surface area contributed by atoms with E-state index in [1.807, 2.05) is 37.3 Å². The van der Waals surface area contributed by atoms with Crippen LogP contribution in [0.2, 0.25) is 5.02 Å². The number of nitrogens with one attached hydrogen (secondary N) is 2. The maximum atomic E-state index is 12.9. The molecule has 0 spiro atoms. The van der Waals surface area contributed by atoms with Crippen molar-refractivity contribution < 1.29 is 19.0 Å². The Bertz CT molecular complexity index is 1130. The van der Waals surface area contributed by atoms with Crippen LogP contribution in [0.15, 0.2) is 42.5 Å². The number of carbonyl (C=O) groups excluding carboxylic acids is 1. The molecule has 0 saturated heterocycles. The molecule has 0 bridgehead atoms. The SMILES string of the molecule is CCOC(=O)c1c(NC(=S)Nc2cc(Cl)c(OC)cc2OC)sc(C)c1-c1ccccc1. The Balaban J connectivity index is 1.95. The number of esters is 1. The highest BCUT2D eigenvalue weighted by Gasteiger charge is 2.25. The van der Waals surface area contributed by atoms with Crippen LogP contribution in [-0.4, -0.2) is 31.9 Å². The molecule has 0 amide bonds. The summed E-state index contributed by atoms with van der Waals surface area (Å²) < 4.78 is 16.0. The van der Waals surface area contributed by atoms with Gasteiger partial charge < -0.3 is 24.8 Å². The topological polar surface area (TPSA) is 68.8 Å². The molecule has 0 aliphatic rings. The second kappa shape index (κ2) is 10.7. The van der Waals surface area contributed by atoms with Gasteiger partial charge in [-0.25, -0.2) is 4.79 Å². The predicted octanol–water partition coefficient (Wildman–Crippen LogP) is 6.38. The maximum absolute atomic E-state index is 12.9. The summed E-state index contributed by atoms with van der Waals surface area (Å²) in [5.74, 6) is 0.582. The number of ether oxygens (including phenoxy) is 3. The molecule has 0 radical (unpaired) electrons. The van der Waals surface area contributed by atoms with Crippen LogP contribution in [0.4, 0.5) is 10.7 Å². The lowest BCUT2D eigenvalue weighted by molar-refractivity contribution is 0.0529. The average molecular weight is 491 g/mol. The molecule has 32 heavy (non-hydrogen) atoms. The number of thiocarbonyl (C=S) groups is 1. The summed E-state index contributed by atoms with van der Waals surface area (Å²) in [7, 11) is 3.07. The molecular weight excluding hydrogens is 468 g/mol. The van der Waals surface area contributed by atoms with Crippen LogP contribution >= 0.6 is 35.2 Å². The summed E-state index contributed by atoms with van der Waals surface area (Å²) in [5, 5.41) is 7.49. The van der Waals surface area contributed by atoms with Crippen molar-refractivity contribution in [3.05, 3.63) is 57.9 Å². The minimum Gasteiger partial charge on any atom is -0.495 e. The van der Waals surface area contributed by atoms with Gasteiger partial charge in [-0.15, -0.1) is 11.3 Å². The summed E-state index contributed by atoms with van der Waals surface area (Å²) in [6.07, 6.45) is 0. The van der Waals surface area contributed by atoms with E-state index >= 15 is 0 Å². The van der Waals surface area contributed by atoms with Crippen LogP contribution in [0.3, 0.4) is 0 Å². The Morgan fingerprint density at radius 1 is 1.09 bits per heavy atom. The van der Waals surface area contributed by atoms with Gasteiger partial charge >= 0.3 is 5.97 Å². The number of thiophene rings is 1. The van der Waals surface area contributed by atoms with E-state index in [2.05, 4.69) is 10.6 Å². The van der Waals surface area contributed by atoms with Crippen LogP contribution in [0, 0.1) is 6.92 Å². The monoisotopic (exact) mass is 490 g/mol. The quantitative estimate of drug-likeness (QED) is 0.294. The fourth-order valence-corrected chi connectivity index (χ4v) is 4.78. The van der Waals surface area contributed by atoms with Crippen LogP contribution in [0.5, 0.6) is 11.5 Å². The predicted molar refractivity (Wildman–Crippen MR) is 135 cm³/mol. The fraction of sp³-hybridized carbons (Fsp3) is 0.217. The number of anilines is 2. The summed E-state index contributed by atoms with van der Waals surface area (Å²) >= 11 is 13.2. The summed E-state index contributed by atoms with van der Waals surface area (Å²) in [5.41, 5.74) is 2.76. The molecule has 0 aliphatic heterocycles. The number of hydrogen-bond donors (Lipinski definition) is 2. The molecule has 2 N–H and O–H groups in total. The molecule has 0 atom stereocenters. The first-order valence-corrected chi connectivity index (χ1v) is 11.3. The second-order valence-electron chi connectivity index (χ2n) is 6.59. The number of benzene rings is 2. The Hall–Kier alpha value is -2.81. The van der Waals surface area contributed by atoms with Crippen molar-refractivity contribution in [2.75, 3.05) is 31.5 Å². The van der Waals surface area contributed by atoms with Crippen molar-refractivity contribution in [2.45, 2.75) is 13.8 Å². The molecule has 9 heteroatoms. The smallest absolute Gasteiger partial charge is 0.341 e. The maximum Gasteiger partial charge on any atom is 0.341 e. The van der Waals surface area contributed by atoms with E-state index < -0.39 is 5.97 Å². The van der Waals surface area contributed by atoms with Crippen molar-refractivity contribution in [1.29, 1.82) is 0 Å². The summed E-state index contributed by atoms with van der Waals surface area (Å²) in [4.78, 5) is 13.8. The molecule has 0 unspecified atom stereocenters. The largest absolute Gasteiger partial charge is 0.495 e. The number of rotatable bonds is 7. The van der Waals surface area contributed by atoms with E-state index in [0.29, 0.717) is 32.8 Å². The van der Waals surface area contributed by atoms with Gasteiger partial charge in [0.25, 0.3) is 0 Å². The number of hydrogen-bond acceptors (Lipinski definition) is 6. The molecule has 0 aliphatic carbocycles. The lowest BCUT2D eigenvalue weighted by Crippen LogP contribution is -2.20. The Kier molecular flexibility index (Phi) is 7.95. The third kappa shape index (κ3) is 5.15. The van der Waals surface area contributed by atoms with Gasteiger partial charge in [0.1, 0.15) is 22.1 Å². The van der Waals surface area contributed by atoms with Crippen LogP contribution in [0.25, 0.3) is 11.1 Å². The van der Waals surface area contributed by atoms with Crippen molar-refractivity contribution in [3.8, 4) is 22.6 Å². The molecule has 1 heterocycles. The molecule has 3 aromatic rings. The van der Waals surface area contributed by atoms with Gasteiger partial charge in [0.15, 0.2) is 5.11 Å². The third-order valence-corrected chi connectivity index (χ3v) is 6.10. The van der Waals surface area contributed by atoms with Crippen molar-refractivity contribution >= 4 is 56.9 Å². The highest BCUT2D eigenvalue weighted by Crippen LogP contribution is 2.41. The molecule has 0 fully saturated rings. The summed E-state index contributed by atoms with van der Waals surface area (Å²) in [6, 6.07) is 13.0. The van der Waals surface area contributed by atoms with Crippen LogP contribution < -0.4 is 20.1 Å². The number of halogens is 1. The second-order valence-corrected chi connectivity index (χ2v) is 8.63. The van der Waals surface area contributed by atoms with Gasteiger partial charge in [-0.2, -0.15) is 0 Å². The van der Waals surface area contributed by atoms with E-state index in [-0.39, 0.29) is 11.7 Å². The zero-order chi connectivity index (χ0) is 23.3. The van der Waals surface area contributed by atoms with Crippen LogP contribution in [-0.2, 0) is 4.74 Å². The molecule has 6 nitrogen and oxygen atoms in total. The Morgan fingerprint density at radius 2 is 1.78 bits per heavy atom. The molecule has 3 rings (SSSR count). The minimum absolute atomic E-state index is 0.269. The Morgan fingerprint density at radius 3 is 2.41 bits per heavy atom. The fourth-order valence-electron chi connectivity index (χ4n) is 3.20. The highest BCUT2D eigenvalue weighted by atomic mass is 35.5. The first-order valence-electron chi connectivity index (χ1n) is 9.75. The number of methoxy groups -OCH3 is 2. The zero-order valence-electron chi connectivity index (χ0n) is 18.1. The molecule has 2 aromatic carbocycles. The van der Waals surface area contributed by atoms with Gasteiger partial charge in [-0.1, -0.05) is 41.9 Å². The summed E-state index contributed by atoms with van der Waals surface area (Å²) in [6.45, 7) is 4.01. The number of aryl methyl sites for hydroxylation is 1. The first-order chi connectivity index (χ1) is 15.4. The van der Waals surface area contributed by atoms with Gasteiger partial charge in [-0.05, 0) is 37.7 Å². The zero-order valence-corrected chi connectivity index (χ0v) is 20.5. The Labute approximate surface area is 201 Å². The van der Waals surface area contributed by atoms with Gasteiger partial charge in [0.2, 0.25) is 0 Å². The standard InChI is InChI=1S/C23H23ClN2O4S2/c1-5-30-22(27)20-19(14-9-7-6-8-10-14)13(2)32-21(20)26-23(31)25-16-11-15(24)17(28-3)12-18(16)29-4/h6-12H,5H2,1-4H3,(H2,25,26,31). The molecule has 1 aromatic heterocycles. The van der Waals surface area contributed by atoms with Crippen molar-refractivity contribution in [1.82, 2.24) is 0 Å². The van der Waals surface area contributed by atoms with E-state index in [9.17, 15) is 4.79 Å². The lowest BCUT2D eigenvalue weighted by Gasteiger charge is -2.15. The van der Waals surface area contributed by atoms with Crippen LogP contribution in [0.1, 0.15) is 22.2 Å². The van der Waals surface area contributed by atoms with Gasteiger partial charge in [0.05, 0.1) is 31.5 Å². The molecule has 0 saturated carbocycles. The third-order valence-electron chi connectivity index (χ3n) is 4.58. The van der Waals surface area contributed by atoms with Crippen molar-refractivity contribution in [3.63, 3.8) is 0 Å². The lowest BCUT2D eigenvalue weighted by atomic mass is 10.0. The van der Waals surface area contributed by atoms with E-state index in [1.54, 1.807) is 19.1 Å². The van der Waals surface area contributed by atoms with Gasteiger partial charge in [0, 0.05) is 16.5 Å². The van der Waals surface area contributed by atoms with Crippen molar-refractivity contribution in [2.24, 2.45) is 0 Å². The minimum atomic E-state index is -0.411. The molecule has 168 valence electrons. The molecular formula is C23H23ClN2O4S2. The van der Waals surface area contributed by atoms with Gasteiger partial charge in [-0.3, -0.25) is 0 Å². The van der Waals surface area contributed by atoms with E-state index in [1.165, 1.54) is 25.6 Å². The van der Waals surface area contributed by atoms with E-state index in [4.69, 9.17) is 38.0 Å².